The number of rotatable bonds is 0. The number of hydrogen-bond acceptors (Lipinski definition) is 3. The molecule has 0 saturated heterocycles. The predicted molar refractivity (Wildman–Crippen MR) is 71.4 cm³/mol. The zero-order valence-electron chi connectivity index (χ0n) is 11.2. The van der Waals surface area contributed by atoms with Gasteiger partial charge in [0, 0.05) is 5.56 Å². The lowest BCUT2D eigenvalue weighted by Gasteiger charge is -2.12. The molecule has 0 fully saturated rings. The second-order valence-electron chi connectivity index (χ2n) is 4.89. The fourth-order valence-electron chi connectivity index (χ4n) is 2.20. The lowest BCUT2D eigenvalue weighted by molar-refractivity contribution is -0.137. The second-order valence-corrected chi connectivity index (χ2v) is 4.89. The third-order valence-corrected chi connectivity index (χ3v) is 3.38. The highest BCUT2D eigenvalue weighted by molar-refractivity contribution is 5.78. The van der Waals surface area contributed by atoms with Gasteiger partial charge in [-0.05, 0) is 43.7 Å². The number of halogens is 3. The Balaban J connectivity index is 2.39. The van der Waals surface area contributed by atoms with E-state index in [4.69, 9.17) is 4.42 Å². The van der Waals surface area contributed by atoms with Crippen LogP contribution in [-0.2, 0) is 6.18 Å². The molecule has 108 valence electrons. The molecule has 0 aromatic heterocycles. The normalized spacial score (nSPS) is 12.2. The van der Waals surface area contributed by atoms with Crippen LogP contribution in [0.25, 0.3) is 22.6 Å². The van der Waals surface area contributed by atoms with Crippen molar-refractivity contribution in [2.24, 2.45) is 0 Å². The zero-order valence-corrected chi connectivity index (χ0v) is 11.2. The maximum absolute atomic E-state index is 12.7. The standard InChI is InChI=1S/C15H10F3NO2/c1-7-5-11(20)8(2)14-13(7)19-10-6-9(15(16,17)18)3-4-12(10)21-14/h3-6H,1-2H3. The van der Waals surface area contributed by atoms with Gasteiger partial charge in [0.05, 0.1) is 5.56 Å². The van der Waals surface area contributed by atoms with Gasteiger partial charge in [-0.15, -0.1) is 0 Å². The summed E-state index contributed by atoms with van der Waals surface area (Å²) in [4.78, 5) is 16.0. The van der Waals surface area contributed by atoms with Gasteiger partial charge in [0.2, 0.25) is 0 Å². The summed E-state index contributed by atoms with van der Waals surface area (Å²) in [6.07, 6.45) is -4.44. The summed E-state index contributed by atoms with van der Waals surface area (Å²) < 4.78 is 43.8. The Morgan fingerprint density at radius 1 is 1.14 bits per heavy atom. The van der Waals surface area contributed by atoms with Gasteiger partial charge in [0.1, 0.15) is 11.2 Å². The topological polar surface area (TPSA) is 43.1 Å². The van der Waals surface area contributed by atoms with Crippen LogP contribution >= 0.6 is 0 Å². The molecule has 0 unspecified atom stereocenters. The first-order chi connectivity index (χ1) is 9.77. The first-order valence-electron chi connectivity index (χ1n) is 6.19. The van der Waals surface area contributed by atoms with E-state index in [9.17, 15) is 18.0 Å². The van der Waals surface area contributed by atoms with Crippen molar-refractivity contribution >= 4 is 11.1 Å². The number of aromatic nitrogens is 1. The molecule has 2 aliphatic rings. The van der Waals surface area contributed by atoms with Crippen molar-refractivity contribution in [1.29, 1.82) is 0 Å². The van der Waals surface area contributed by atoms with E-state index < -0.39 is 11.7 Å². The number of hydrogen-bond donors (Lipinski definition) is 0. The van der Waals surface area contributed by atoms with E-state index in [1.807, 2.05) is 0 Å². The SMILES string of the molecule is Cc1cc(=O)c(C)c2oc3ccc(C(F)(F)F)cc3nc1-2. The first-order valence-corrected chi connectivity index (χ1v) is 6.19. The van der Waals surface area contributed by atoms with E-state index in [1.165, 1.54) is 12.1 Å². The molecule has 0 atom stereocenters. The van der Waals surface area contributed by atoms with Gasteiger partial charge < -0.3 is 4.42 Å². The summed E-state index contributed by atoms with van der Waals surface area (Å²) in [5.74, 6) is 0.312. The van der Waals surface area contributed by atoms with Crippen LogP contribution in [0.2, 0.25) is 0 Å². The molecule has 0 N–H and O–H groups in total. The van der Waals surface area contributed by atoms with Crippen LogP contribution in [0.5, 0.6) is 0 Å². The van der Waals surface area contributed by atoms with Crippen molar-refractivity contribution in [1.82, 2.24) is 4.98 Å². The largest absolute Gasteiger partial charge is 0.452 e. The maximum Gasteiger partial charge on any atom is 0.416 e. The molecule has 6 heteroatoms. The Morgan fingerprint density at radius 2 is 1.86 bits per heavy atom. The Bertz CT molecular complexity index is 881. The molecule has 1 aromatic carbocycles. The van der Waals surface area contributed by atoms with Crippen LogP contribution < -0.4 is 5.43 Å². The molecule has 3 nitrogen and oxygen atoms in total. The number of fused-ring (bicyclic) bond motifs is 2. The molecule has 0 bridgehead atoms. The Hall–Kier alpha value is -2.37. The lowest BCUT2D eigenvalue weighted by atomic mass is 10.0. The van der Waals surface area contributed by atoms with Crippen LogP contribution in [0, 0.1) is 13.8 Å². The Kier molecular flexibility index (Phi) is 2.79. The molecular weight excluding hydrogens is 283 g/mol. The molecule has 1 heterocycles. The minimum atomic E-state index is -4.44. The third-order valence-electron chi connectivity index (χ3n) is 3.38. The molecule has 0 saturated carbocycles. The molecule has 0 amide bonds. The molecule has 1 aliphatic carbocycles. The number of benzene rings is 2. The summed E-state index contributed by atoms with van der Waals surface area (Å²) in [5.41, 5.74) is 0.721. The summed E-state index contributed by atoms with van der Waals surface area (Å²) in [5, 5.41) is 0. The number of nitrogens with zero attached hydrogens (tertiary/aromatic N) is 1. The van der Waals surface area contributed by atoms with Gasteiger partial charge in [0.25, 0.3) is 0 Å². The molecule has 1 aromatic rings. The second kappa shape index (κ2) is 4.31. The van der Waals surface area contributed by atoms with Crippen LogP contribution in [0.3, 0.4) is 0 Å². The molecule has 3 rings (SSSR count). The quantitative estimate of drug-likeness (QED) is 0.590. The lowest BCUT2D eigenvalue weighted by Crippen LogP contribution is -2.09. The van der Waals surface area contributed by atoms with Crippen LogP contribution in [-0.4, -0.2) is 4.98 Å². The summed E-state index contributed by atoms with van der Waals surface area (Å²) >= 11 is 0. The average Bonchev–Trinajstić information content (AvgIpc) is 2.42. The fraction of sp³-hybridized carbons (Fsp3) is 0.200. The predicted octanol–water partition coefficient (Wildman–Crippen LogP) is 3.93. The monoisotopic (exact) mass is 293 g/mol. The minimum Gasteiger partial charge on any atom is -0.452 e. The third kappa shape index (κ3) is 2.16. The summed E-state index contributed by atoms with van der Waals surface area (Å²) in [7, 11) is 0. The van der Waals surface area contributed by atoms with Crippen molar-refractivity contribution in [2.75, 3.05) is 0 Å². The average molecular weight is 293 g/mol. The van der Waals surface area contributed by atoms with Gasteiger partial charge in [-0.2, -0.15) is 13.2 Å². The zero-order chi connectivity index (χ0) is 15.4. The highest BCUT2D eigenvalue weighted by Gasteiger charge is 2.31. The molecular formula is C15H10F3NO2. The van der Waals surface area contributed by atoms with Gasteiger partial charge >= 0.3 is 6.18 Å². The van der Waals surface area contributed by atoms with Crippen molar-refractivity contribution in [3.63, 3.8) is 0 Å². The fourth-order valence-corrected chi connectivity index (χ4v) is 2.20. The smallest absolute Gasteiger partial charge is 0.416 e. The van der Waals surface area contributed by atoms with Gasteiger partial charge in [0.15, 0.2) is 16.8 Å². The van der Waals surface area contributed by atoms with E-state index in [0.717, 1.165) is 12.1 Å². The molecule has 21 heavy (non-hydrogen) atoms. The molecule has 0 spiro atoms. The van der Waals surface area contributed by atoms with Gasteiger partial charge in [-0.3, -0.25) is 4.79 Å². The van der Waals surface area contributed by atoms with Crippen molar-refractivity contribution in [3.8, 4) is 11.5 Å². The van der Waals surface area contributed by atoms with Gasteiger partial charge in [-0.1, -0.05) is 0 Å². The van der Waals surface area contributed by atoms with Crippen LogP contribution in [0.15, 0.2) is 33.5 Å². The number of alkyl halides is 3. The maximum atomic E-state index is 12.7. The number of aryl methyl sites for hydroxylation is 1. The highest BCUT2D eigenvalue weighted by Crippen LogP contribution is 2.33. The van der Waals surface area contributed by atoms with Gasteiger partial charge in [-0.25, -0.2) is 4.98 Å². The van der Waals surface area contributed by atoms with Crippen LogP contribution in [0.4, 0.5) is 13.2 Å². The first kappa shape index (κ1) is 13.6. The van der Waals surface area contributed by atoms with Crippen molar-refractivity contribution in [3.05, 3.63) is 51.2 Å². The summed E-state index contributed by atoms with van der Waals surface area (Å²) in [6.45, 7) is 3.27. The Morgan fingerprint density at radius 3 is 2.52 bits per heavy atom. The van der Waals surface area contributed by atoms with E-state index in [0.29, 0.717) is 22.6 Å². The van der Waals surface area contributed by atoms with Crippen LogP contribution in [0.1, 0.15) is 16.7 Å². The molecule has 1 aliphatic heterocycles. The van der Waals surface area contributed by atoms with E-state index in [2.05, 4.69) is 4.98 Å². The highest BCUT2D eigenvalue weighted by atomic mass is 19.4. The summed E-state index contributed by atoms with van der Waals surface area (Å²) in [6, 6.07) is 4.50. The van der Waals surface area contributed by atoms with E-state index in [1.54, 1.807) is 13.8 Å². The minimum absolute atomic E-state index is 0.110. The van der Waals surface area contributed by atoms with E-state index >= 15 is 0 Å². The molecule has 0 radical (unpaired) electrons. The van der Waals surface area contributed by atoms with E-state index in [-0.39, 0.29) is 16.5 Å². The Labute approximate surface area is 117 Å². The van der Waals surface area contributed by atoms with Crippen molar-refractivity contribution < 1.29 is 17.6 Å². The van der Waals surface area contributed by atoms with Crippen molar-refractivity contribution in [2.45, 2.75) is 20.0 Å².